The molecule has 3 N–H and O–H groups in total. The zero-order valence-corrected chi connectivity index (χ0v) is 14.8. The van der Waals surface area contributed by atoms with Crippen LogP contribution in [0.2, 0.25) is 0 Å². The predicted octanol–water partition coefficient (Wildman–Crippen LogP) is 3.40. The van der Waals surface area contributed by atoms with E-state index in [-0.39, 0.29) is 11.9 Å². The van der Waals surface area contributed by atoms with Gasteiger partial charge in [-0.3, -0.25) is 9.59 Å². The molecule has 3 rings (SSSR count). The number of fused-ring (bicyclic) bond motifs is 1. The van der Waals surface area contributed by atoms with Crippen LogP contribution in [0.25, 0.3) is 10.8 Å². The van der Waals surface area contributed by atoms with Gasteiger partial charge in [0.15, 0.2) is 0 Å². The monoisotopic (exact) mass is 347 g/mol. The molecule has 0 fully saturated rings. The Balaban J connectivity index is 1.72. The number of hydrogen-bond donors (Lipinski definition) is 2. The number of rotatable bonds is 5. The molecule has 1 atom stereocenters. The normalized spacial score (nSPS) is 11.8. The first-order valence-corrected chi connectivity index (χ1v) is 8.38. The number of primary amides is 1. The maximum Gasteiger partial charge on any atom is 0.248 e. The molecule has 26 heavy (non-hydrogen) atoms. The Bertz CT molecular complexity index is 951. The Hall–Kier alpha value is -3.34. The third-order valence-corrected chi connectivity index (χ3v) is 4.54. The summed E-state index contributed by atoms with van der Waals surface area (Å²) in [6, 6.07) is 20.4. The number of likely N-dealkylation sites (N-methyl/N-ethyl adjacent to an activating group) is 1. The molecule has 0 saturated heterocycles. The fraction of sp³-hybridized carbons (Fsp3) is 0.143. The zero-order valence-electron chi connectivity index (χ0n) is 14.8. The molecule has 3 aromatic rings. The van der Waals surface area contributed by atoms with Gasteiger partial charge in [0.2, 0.25) is 11.8 Å². The number of benzene rings is 3. The van der Waals surface area contributed by atoms with Crippen LogP contribution in [0.15, 0.2) is 66.7 Å². The molecule has 0 aliphatic heterocycles. The quantitative estimate of drug-likeness (QED) is 0.743. The summed E-state index contributed by atoms with van der Waals surface area (Å²) < 4.78 is 0. The van der Waals surface area contributed by atoms with Gasteiger partial charge < -0.3 is 16.0 Å². The van der Waals surface area contributed by atoms with Crippen LogP contribution in [-0.2, 0) is 4.79 Å². The number of nitrogens with zero attached hydrogens (tertiary/aromatic N) is 1. The van der Waals surface area contributed by atoms with Crippen molar-refractivity contribution < 1.29 is 9.59 Å². The predicted molar refractivity (Wildman–Crippen MR) is 105 cm³/mol. The van der Waals surface area contributed by atoms with Crippen molar-refractivity contribution in [3.8, 4) is 0 Å². The summed E-state index contributed by atoms with van der Waals surface area (Å²) in [5, 5.41) is 5.16. The third-order valence-electron chi connectivity index (χ3n) is 4.54. The smallest absolute Gasteiger partial charge is 0.248 e. The molecule has 2 amide bonds. The summed E-state index contributed by atoms with van der Waals surface area (Å²) in [6.45, 7) is 1.85. The largest absolute Gasteiger partial charge is 0.366 e. The van der Waals surface area contributed by atoms with Gasteiger partial charge in [-0.05, 0) is 54.1 Å². The fourth-order valence-electron chi connectivity index (χ4n) is 2.76. The standard InChI is InChI=1S/C21H21N3O2/c1-14(21(26)23-18-10-7-16(8-11-18)20(22)25)24(2)19-12-9-15-5-3-4-6-17(15)13-19/h3-14H,1-2H3,(H2,22,25)(H,23,26)/t14-/m0/s1. The second-order valence-electron chi connectivity index (χ2n) is 6.25. The van der Waals surface area contributed by atoms with Crippen LogP contribution in [0.5, 0.6) is 0 Å². The highest BCUT2D eigenvalue weighted by atomic mass is 16.2. The average molecular weight is 347 g/mol. The maximum atomic E-state index is 12.6. The minimum absolute atomic E-state index is 0.132. The van der Waals surface area contributed by atoms with E-state index in [1.807, 2.05) is 43.1 Å². The highest BCUT2D eigenvalue weighted by Crippen LogP contribution is 2.23. The number of nitrogens with two attached hydrogens (primary N) is 1. The minimum atomic E-state index is -0.493. The summed E-state index contributed by atoms with van der Waals surface area (Å²) in [7, 11) is 1.89. The average Bonchev–Trinajstić information content (AvgIpc) is 2.66. The molecule has 5 heteroatoms. The third kappa shape index (κ3) is 3.67. The van der Waals surface area contributed by atoms with Crippen LogP contribution in [0.4, 0.5) is 11.4 Å². The van der Waals surface area contributed by atoms with Crippen molar-refractivity contribution in [2.75, 3.05) is 17.3 Å². The van der Waals surface area contributed by atoms with Gasteiger partial charge in [-0.1, -0.05) is 30.3 Å². The van der Waals surface area contributed by atoms with Crippen LogP contribution < -0.4 is 16.0 Å². The van der Waals surface area contributed by atoms with Crippen LogP contribution >= 0.6 is 0 Å². The number of amides is 2. The lowest BCUT2D eigenvalue weighted by Gasteiger charge is -2.26. The molecule has 0 unspecified atom stereocenters. The van der Waals surface area contributed by atoms with Crippen molar-refractivity contribution in [1.82, 2.24) is 0 Å². The first-order chi connectivity index (χ1) is 12.5. The molecule has 132 valence electrons. The van der Waals surface area contributed by atoms with Crippen molar-refractivity contribution in [3.05, 3.63) is 72.3 Å². The van der Waals surface area contributed by atoms with E-state index in [9.17, 15) is 9.59 Å². The van der Waals surface area contributed by atoms with E-state index in [2.05, 4.69) is 23.5 Å². The first-order valence-electron chi connectivity index (χ1n) is 8.38. The SMILES string of the molecule is C[C@@H](C(=O)Nc1ccc(C(N)=O)cc1)N(C)c1ccc2ccccc2c1. The molecular formula is C21H21N3O2. The molecule has 0 saturated carbocycles. The van der Waals surface area contributed by atoms with E-state index < -0.39 is 5.91 Å². The number of anilines is 2. The van der Waals surface area contributed by atoms with Gasteiger partial charge in [-0.15, -0.1) is 0 Å². The Kier molecular flexibility index (Phi) is 4.89. The van der Waals surface area contributed by atoms with E-state index in [0.717, 1.165) is 16.5 Å². The highest BCUT2D eigenvalue weighted by Gasteiger charge is 2.19. The van der Waals surface area contributed by atoms with Crippen molar-refractivity contribution >= 4 is 34.0 Å². The molecule has 0 spiro atoms. The van der Waals surface area contributed by atoms with Crippen LogP contribution in [0.1, 0.15) is 17.3 Å². The second-order valence-corrected chi connectivity index (χ2v) is 6.25. The zero-order chi connectivity index (χ0) is 18.7. The Labute approximate surface area is 152 Å². The van der Waals surface area contributed by atoms with Crippen molar-refractivity contribution in [2.24, 2.45) is 5.73 Å². The van der Waals surface area contributed by atoms with Gasteiger partial charge in [0, 0.05) is 24.0 Å². The van der Waals surface area contributed by atoms with Crippen molar-refractivity contribution in [1.29, 1.82) is 0 Å². The summed E-state index contributed by atoms with van der Waals surface area (Å²) in [4.78, 5) is 25.6. The van der Waals surface area contributed by atoms with Gasteiger partial charge in [0.05, 0.1) is 0 Å². The summed E-state index contributed by atoms with van der Waals surface area (Å²) >= 11 is 0. The van der Waals surface area contributed by atoms with Crippen LogP contribution in [-0.4, -0.2) is 24.9 Å². The lowest BCUT2D eigenvalue weighted by molar-refractivity contribution is -0.117. The first kappa shape index (κ1) is 17.5. The molecule has 0 aromatic heterocycles. The fourth-order valence-corrected chi connectivity index (χ4v) is 2.76. The molecule has 0 radical (unpaired) electrons. The van der Waals surface area contributed by atoms with E-state index >= 15 is 0 Å². The minimum Gasteiger partial charge on any atom is -0.366 e. The molecular weight excluding hydrogens is 326 g/mol. The molecule has 0 aliphatic rings. The molecule has 3 aromatic carbocycles. The van der Waals surface area contributed by atoms with E-state index in [1.54, 1.807) is 24.3 Å². The van der Waals surface area contributed by atoms with Crippen LogP contribution in [0.3, 0.4) is 0 Å². The van der Waals surface area contributed by atoms with Gasteiger partial charge in [0.25, 0.3) is 0 Å². The van der Waals surface area contributed by atoms with Crippen molar-refractivity contribution in [2.45, 2.75) is 13.0 Å². The van der Waals surface area contributed by atoms with Gasteiger partial charge in [-0.2, -0.15) is 0 Å². The summed E-state index contributed by atoms with van der Waals surface area (Å²) in [5.74, 6) is -0.625. The Morgan fingerprint density at radius 3 is 2.27 bits per heavy atom. The van der Waals surface area contributed by atoms with E-state index in [4.69, 9.17) is 5.73 Å². The molecule has 0 heterocycles. The van der Waals surface area contributed by atoms with E-state index in [1.165, 1.54) is 0 Å². The van der Waals surface area contributed by atoms with Gasteiger partial charge in [-0.25, -0.2) is 0 Å². The summed E-state index contributed by atoms with van der Waals surface area (Å²) in [5.41, 5.74) is 7.22. The lowest BCUT2D eigenvalue weighted by Crippen LogP contribution is -2.39. The number of nitrogens with one attached hydrogen (secondary N) is 1. The highest BCUT2D eigenvalue weighted by molar-refractivity contribution is 5.98. The Morgan fingerprint density at radius 1 is 0.962 bits per heavy atom. The van der Waals surface area contributed by atoms with Crippen LogP contribution in [0, 0.1) is 0 Å². The van der Waals surface area contributed by atoms with E-state index in [0.29, 0.717) is 11.3 Å². The number of carbonyl (C=O) groups excluding carboxylic acids is 2. The lowest BCUT2D eigenvalue weighted by atomic mass is 10.1. The number of hydrogen-bond acceptors (Lipinski definition) is 3. The maximum absolute atomic E-state index is 12.6. The van der Waals surface area contributed by atoms with Gasteiger partial charge in [0.1, 0.15) is 6.04 Å². The topological polar surface area (TPSA) is 75.4 Å². The Morgan fingerprint density at radius 2 is 1.62 bits per heavy atom. The molecule has 0 aliphatic carbocycles. The number of carbonyl (C=O) groups is 2. The molecule has 0 bridgehead atoms. The van der Waals surface area contributed by atoms with Gasteiger partial charge >= 0.3 is 0 Å². The molecule has 5 nitrogen and oxygen atoms in total. The second kappa shape index (κ2) is 7.27. The van der Waals surface area contributed by atoms with Crippen molar-refractivity contribution in [3.63, 3.8) is 0 Å². The summed E-state index contributed by atoms with van der Waals surface area (Å²) in [6.07, 6.45) is 0.